The smallest absolute Gasteiger partial charge is 0.253 e. The summed E-state index contributed by atoms with van der Waals surface area (Å²) in [5, 5.41) is 0.644. The minimum absolute atomic E-state index is 0.0724. The van der Waals surface area contributed by atoms with Gasteiger partial charge in [-0.2, -0.15) is 0 Å². The molecule has 0 saturated carbocycles. The summed E-state index contributed by atoms with van der Waals surface area (Å²) in [5.74, 6) is 1.00. The van der Waals surface area contributed by atoms with Crippen LogP contribution in [-0.2, 0) is 0 Å². The molecule has 1 aliphatic heterocycles. The number of nitrogens with two attached hydrogens (primary N) is 1. The highest BCUT2D eigenvalue weighted by atomic mass is 35.5. The van der Waals surface area contributed by atoms with E-state index in [0.29, 0.717) is 17.2 Å². The first-order valence-electron chi connectivity index (χ1n) is 11.4. The van der Waals surface area contributed by atoms with Crippen LogP contribution in [0.2, 0.25) is 5.02 Å². The lowest BCUT2D eigenvalue weighted by Gasteiger charge is -2.39. The molecule has 2 aromatic carbocycles. The van der Waals surface area contributed by atoms with Crippen molar-refractivity contribution in [3.63, 3.8) is 0 Å². The van der Waals surface area contributed by atoms with Gasteiger partial charge >= 0.3 is 0 Å². The quantitative estimate of drug-likeness (QED) is 0.636. The first kappa shape index (κ1) is 24.6. The number of halogens is 1. The molecule has 0 aliphatic carbocycles. The second-order valence-corrected chi connectivity index (χ2v) is 9.94. The first-order chi connectivity index (χ1) is 15.1. The van der Waals surface area contributed by atoms with Gasteiger partial charge in [0.1, 0.15) is 5.75 Å². The van der Waals surface area contributed by atoms with Crippen LogP contribution in [0.25, 0.3) is 0 Å². The number of hydrogen-bond acceptors (Lipinski definition) is 4. The Balaban J connectivity index is 1.60. The summed E-state index contributed by atoms with van der Waals surface area (Å²) in [7, 11) is 0. The van der Waals surface area contributed by atoms with Crippen molar-refractivity contribution in [3.8, 4) is 5.75 Å². The molecular formula is C26H36ClN3O2. The molecule has 1 heterocycles. The highest BCUT2D eigenvalue weighted by Crippen LogP contribution is 2.31. The number of nitrogens with zero attached hydrogens (tertiary/aromatic N) is 2. The van der Waals surface area contributed by atoms with E-state index >= 15 is 0 Å². The SMILES string of the molecule is Cc1c(OCCC(C)(C)N)ccc(C(C)N2CCN(C(=O)c3ccc(Cl)cc3)CC2)c1C. The molecule has 1 unspecified atom stereocenters. The zero-order valence-electron chi connectivity index (χ0n) is 20.0. The zero-order valence-corrected chi connectivity index (χ0v) is 20.7. The summed E-state index contributed by atoms with van der Waals surface area (Å²) in [6.07, 6.45) is 0.808. The van der Waals surface area contributed by atoms with Gasteiger partial charge in [0.25, 0.3) is 5.91 Å². The molecule has 1 aliphatic rings. The molecule has 32 heavy (non-hydrogen) atoms. The second kappa shape index (κ2) is 10.2. The van der Waals surface area contributed by atoms with E-state index in [2.05, 4.69) is 37.8 Å². The van der Waals surface area contributed by atoms with Crippen LogP contribution >= 0.6 is 11.6 Å². The fourth-order valence-corrected chi connectivity index (χ4v) is 4.26. The van der Waals surface area contributed by atoms with Gasteiger partial charge in [0.05, 0.1) is 6.61 Å². The predicted octanol–water partition coefficient (Wildman–Crippen LogP) is 4.98. The van der Waals surface area contributed by atoms with Gasteiger partial charge < -0.3 is 15.4 Å². The van der Waals surface area contributed by atoms with E-state index in [9.17, 15) is 4.79 Å². The maximum atomic E-state index is 12.8. The van der Waals surface area contributed by atoms with E-state index in [1.807, 2.05) is 18.7 Å². The van der Waals surface area contributed by atoms with E-state index in [1.54, 1.807) is 24.3 Å². The van der Waals surface area contributed by atoms with Crippen LogP contribution in [0, 0.1) is 13.8 Å². The van der Waals surface area contributed by atoms with E-state index in [-0.39, 0.29) is 17.5 Å². The van der Waals surface area contributed by atoms with Crippen molar-refractivity contribution >= 4 is 17.5 Å². The van der Waals surface area contributed by atoms with Crippen LogP contribution in [0.15, 0.2) is 36.4 Å². The van der Waals surface area contributed by atoms with Crippen molar-refractivity contribution in [2.24, 2.45) is 5.73 Å². The monoisotopic (exact) mass is 457 g/mol. The summed E-state index contributed by atoms with van der Waals surface area (Å²) in [5.41, 5.74) is 10.3. The highest BCUT2D eigenvalue weighted by Gasteiger charge is 2.26. The van der Waals surface area contributed by atoms with Crippen molar-refractivity contribution < 1.29 is 9.53 Å². The Morgan fingerprint density at radius 1 is 1.06 bits per heavy atom. The van der Waals surface area contributed by atoms with Crippen molar-refractivity contribution in [1.82, 2.24) is 9.80 Å². The summed E-state index contributed by atoms with van der Waals surface area (Å²) in [6.45, 7) is 14.3. The van der Waals surface area contributed by atoms with Gasteiger partial charge in [-0.15, -0.1) is 0 Å². The van der Waals surface area contributed by atoms with Crippen LogP contribution in [0.5, 0.6) is 5.75 Å². The lowest BCUT2D eigenvalue weighted by molar-refractivity contribution is 0.0581. The molecule has 0 aromatic heterocycles. The molecule has 2 N–H and O–H groups in total. The molecular weight excluding hydrogens is 422 g/mol. The Morgan fingerprint density at radius 3 is 2.28 bits per heavy atom. The van der Waals surface area contributed by atoms with E-state index < -0.39 is 0 Å². The number of carbonyl (C=O) groups excluding carboxylic acids is 1. The van der Waals surface area contributed by atoms with Gasteiger partial charge in [0, 0.05) is 48.3 Å². The summed E-state index contributed by atoms with van der Waals surface area (Å²) in [6, 6.07) is 11.7. The Labute approximate surface area is 197 Å². The maximum Gasteiger partial charge on any atom is 0.253 e. The Kier molecular flexibility index (Phi) is 7.86. The van der Waals surface area contributed by atoms with E-state index in [4.69, 9.17) is 22.1 Å². The molecule has 1 atom stereocenters. The topological polar surface area (TPSA) is 58.8 Å². The third-order valence-corrected chi connectivity index (χ3v) is 6.73. The molecule has 0 spiro atoms. The number of rotatable bonds is 7. The zero-order chi connectivity index (χ0) is 23.5. The summed E-state index contributed by atoms with van der Waals surface area (Å²) < 4.78 is 6.02. The van der Waals surface area contributed by atoms with Crippen molar-refractivity contribution in [2.75, 3.05) is 32.8 Å². The van der Waals surface area contributed by atoms with Crippen LogP contribution in [0.1, 0.15) is 60.3 Å². The first-order valence-corrected chi connectivity index (χ1v) is 11.8. The Morgan fingerprint density at radius 2 is 1.69 bits per heavy atom. The van der Waals surface area contributed by atoms with E-state index in [0.717, 1.165) is 38.3 Å². The van der Waals surface area contributed by atoms with Crippen molar-refractivity contribution in [1.29, 1.82) is 0 Å². The average molecular weight is 458 g/mol. The summed E-state index contributed by atoms with van der Waals surface area (Å²) in [4.78, 5) is 17.2. The molecule has 6 heteroatoms. The van der Waals surface area contributed by atoms with E-state index in [1.165, 1.54) is 16.7 Å². The maximum absolute atomic E-state index is 12.8. The Bertz CT molecular complexity index is 929. The van der Waals surface area contributed by atoms with Crippen LogP contribution in [0.4, 0.5) is 0 Å². The molecule has 0 bridgehead atoms. The molecule has 2 aromatic rings. The number of ether oxygens (including phenoxy) is 1. The fourth-order valence-electron chi connectivity index (χ4n) is 4.13. The van der Waals surface area contributed by atoms with Gasteiger partial charge in [-0.1, -0.05) is 17.7 Å². The van der Waals surface area contributed by atoms with Gasteiger partial charge in [0.15, 0.2) is 0 Å². The average Bonchev–Trinajstić information content (AvgIpc) is 2.76. The fraction of sp³-hybridized carbons (Fsp3) is 0.500. The van der Waals surface area contributed by atoms with Crippen LogP contribution in [0.3, 0.4) is 0 Å². The number of amides is 1. The number of carbonyl (C=O) groups is 1. The molecule has 1 saturated heterocycles. The van der Waals surface area contributed by atoms with Crippen LogP contribution in [-0.4, -0.2) is 54.0 Å². The number of piperazine rings is 1. The molecule has 174 valence electrons. The van der Waals surface area contributed by atoms with Crippen molar-refractivity contribution in [3.05, 3.63) is 63.7 Å². The highest BCUT2D eigenvalue weighted by molar-refractivity contribution is 6.30. The van der Waals surface area contributed by atoms with Gasteiger partial charge in [0.2, 0.25) is 0 Å². The van der Waals surface area contributed by atoms with Crippen molar-refractivity contribution in [2.45, 2.75) is 52.6 Å². The molecule has 3 rings (SSSR count). The predicted molar refractivity (Wildman–Crippen MR) is 132 cm³/mol. The third kappa shape index (κ3) is 6.03. The lowest BCUT2D eigenvalue weighted by atomic mass is 9.96. The normalized spacial score (nSPS) is 16.2. The number of hydrogen-bond donors (Lipinski definition) is 1. The third-order valence-electron chi connectivity index (χ3n) is 6.47. The standard InChI is InChI=1S/C26H36ClN3O2/c1-18-19(2)24(32-17-12-26(4,5)28)11-10-23(18)20(3)29-13-15-30(16-14-29)25(31)21-6-8-22(27)9-7-21/h6-11,20H,12-17,28H2,1-5H3. The summed E-state index contributed by atoms with van der Waals surface area (Å²) >= 11 is 5.95. The van der Waals surface area contributed by atoms with Crippen LogP contribution < -0.4 is 10.5 Å². The molecule has 1 fully saturated rings. The second-order valence-electron chi connectivity index (χ2n) is 9.50. The van der Waals surface area contributed by atoms with Gasteiger partial charge in [-0.3, -0.25) is 9.69 Å². The van der Waals surface area contributed by atoms with Gasteiger partial charge in [-0.05, 0) is 88.1 Å². The Hall–Kier alpha value is -2.08. The minimum atomic E-state index is -0.228. The lowest BCUT2D eigenvalue weighted by Crippen LogP contribution is -2.49. The number of benzene rings is 2. The van der Waals surface area contributed by atoms with Gasteiger partial charge in [-0.25, -0.2) is 0 Å². The molecule has 1 amide bonds. The molecule has 5 nitrogen and oxygen atoms in total. The largest absolute Gasteiger partial charge is 0.493 e. The minimum Gasteiger partial charge on any atom is -0.493 e. The molecule has 0 radical (unpaired) electrons.